The Balaban J connectivity index is 1.74. The lowest BCUT2D eigenvalue weighted by Gasteiger charge is -2.14. The summed E-state index contributed by atoms with van der Waals surface area (Å²) in [5.41, 5.74) is 4.77. The molecule has 2 nitrogen and oxygen atoms in total. The largest absolute Gasteiger partial charge is 0.325 e. The van der Waals surface area contributed by atoms with Crippen LogP contribution in [0.3, 0.4) is 0 Å². The summed E-state index contributed by atoms with van der Waals surface area (Å²) in [7, 11) is 0. The molecular formula is C20H23NO. The summed E-state index contributed by atoms with van der Waals surface area (Å²) >= 11 is 0. The van der Waals surface area contributed by atoms with Gasteiger partial charge in [-0.2, -0.15) is 0 Å². The molecule has 2 aromatic rings. The highest BCUT2D eigenvalue weighted by atomic mass is 16.2. The fourth-order valence-corrected chi connectivity index (χ4v) is 3.17. The van der Waals surface area contributed by atoms with Crippen molar-refractivity contribution in [3.63, 3.8) is 0 Å². The molecule has 0 aromatic heterocycles. The average molecular weight is 293 g/mol. The normalized spacial score (nSPS) is 19.7. The maximum absolute atomic E-state index is 12.6. The van der Waals surface area contributed by atoms with Crippen LogP contribution >= 0.6 is 0 Å². The van der Waals surface area contributed by atoms with E-state index in [1.165, 1.54) is 16.7 Å². The number of hydrogen-bond acceptors (Lipinski definition) is 1. The number of para-hydroxylation sites is 1. The minimum absolute atomic E-state index is 0.122. The van der Waals surface area contributed by atoms with Crippen molar-refractivity contribution in [1.82, 2.24) is 0 Å². The fraction of sp³-hybridized carbons (Fsp3) is 0.350. The van der Waals surface area contributed by atoms with Crippen molar-refractivity contribution in [2.24, 2.45) is 5.92 Å². The first-order valence-electron chi connectivity index (χ1n) is 8.21. The minimum Gasteiger partial charge on any atom is -0.325 e. The van der Waals surface area contributed by atoms with Crippen LogP contribution in [0.1, 0.15) is 42.9 Å². The molecule has 1 aliphatic rings. The van der Waals surface area contributed by atoms with Crippen LogP contribution in [-0.4, -0.2) is 5.91 Å². The van der Waals surface area contributed by atoms with Crippen molar-refractivity contribution < 1.29 is 4.79 Å². The molecule has 0 aliphatic heterocycles. The molecule has 0 bridgehead atoms. The van der Waals surface area contributed by atoms with E-state index in [4.69, 9.17) is 0 Å². The van der Waals surface area contributed by atoms with Crippen molar-refractivity contribution >= 4 is 11.6 Å². The second-order valence-corrected chi connectivity index (χ2v) is 6.01. The third kappa shape index (κ3) is 2.92. The first kappa shape index (κ1) is 14.8. The van der Waals surface area contributed by atoms with Gasteiger partial charge in [0.05, 0.1) is 0 Å². The van der Waals surface area contributed by atoms with Crippen LogP contribution in [0.15, 0.2) is 48.5 Å². The Kier molecular flexibility index (Phi) is 4.28. The topological polar surface area (TPSA) is 29.1 Å². The van der Waals surface area contributed by atoms with Crippen molar-refractivity contribution in [2.45, 2.75) is 39.0 Å². The molecule has 0 saturated heterocycles. The van der Waals surface area contributed by atoms with Gasteiger partial charge in [0.2, 0.25) is 5.91 Å². The van der Waals surface area contributed by atoms with Crippen molar-refractivity contribution in [1.29, 1.82) is 0 Å². The third-order valence-electron chi connectivity index (χ3n) is 4.60. The molecule has 1 saturated carbocycles. The molecule has 2 unspecified atom stereocenters. The van der Waals surface area contributed by atoms with Crippen LogP contribution < -0.4 is 5.32 Å². The third-order valence-corrected chi connectivity index (χ3v) is 4.60. The molecule has 1 aliphatic carbocycles. The molecule has 0 heterocycles. The monoisotopic (exact) mass is 293 g/mol. The zero-order chi connectivity index (χ0) is 15.5. The SMILES string of the molecule is CCc1cccc(CC)c1NC(=O)C1CC1c1ccccc1. The average Bonchev–Trinajstić information content (AvgIpc) is 3.36. The van der Waals surface area contributed by atoms with E-state index < -0.39 is 0 Å². The van der Waals surface area contributed by atoms with Crippen LogP contribution in [0.2, 0.25) is 0 Å². The van der Waals surface area contributed by atoms with Crippen LogP contribution in [0.5, 0.6) is 0 Å². The van der Waals surface area contributed by atoms with Gasteiger partial charge in [0.25, 0.3) is 0 Å². The van der Waals surface area contributed by atoms with Gasteiger partial charge in [-0.1, -0.05) is 62.4 Å². The maximum atomic E-state index is 12.6. The minimum atomic E-state index is 0.122. The summed E-state index contributed by atoms with van der Waals surface area (Å²) in [4.78, 5) is 12.6. The van der Waals surface area contributed by atoms with E-state index in [0.717, 1.165) is 24.9 Å². The van der Waals surface area contributed by atoms with Gasteiger partial charge in [-0.3, -0.25) is 4.79 Å². The van der Waals surface area contributed by atoms with E-state index in [1.54, 1.807) is 0 Å². The van der Waals surface area contributed by atoms with Crippen LogP contribution in [0.25, 0.3) is 0 Å². The first-order valence-corrected chi connectivity index (χ1v) is 8.21. The first-order chi connectivity index (χ1) is 10.7. The van der Waals surface area contributed by atoms with Gasteiger partial charge in [-0.05, 0) is 41.9 Å². The Morgan fingerprint density at radius 3 is 2.23 bits per heavy atom. The molecule has 1 N–H and O–H groups in total. The lowest BCUT2D eigenvalue weighted by molar-refractivity contribution is -0.117. The standard InChI is InChI=1S/C20H23NO/c1-3-14-11-8-12-15(4-2)19(14)21-20(22)18-13-17(18)16-9-6-5-7-10-16/h5-12,17-18H,3-4,13H2,1-2H3,(H,21,22). The highest BCUT2D eigenvalue weighted by Crippen LogP contribution is 2.48. The van der Waals surface area contributed by atoms with Crippen molar-refractivity contribution in [3.05, 3.63) is 65.2 Å². The van der Waals surface area contributed by atoms with Crippen LogP contribution in [0, 0.1) is 5.92 Å². The summed E-state index contributed by atoms with van der Waals surface area (Å²) in [6.07, 6.45) is 2.85. The maximum Gasteiger partial charge on any atom is 0.228 e. The van der Waals surface area contributed by atoms with Gasteiger partial charge in [0.1, 0.15) is 0 Å². The number of carbonyl (C=O) groups is 1. The number of hydrogen-bond donors (Lipinski definition) is 1. The van der Waals surface area contributed by atoms with Crippen LogP contribution in [-0.2, 0) is 17.6 Å². The van der Waals surface area contributed by atoms with Gasteiger partial charge in [0, 0.05) is 11.6 Å². The van der Waals surface area contributed by atoms with Crippen LogP contribution in [0.4, 0.5) is 5.69 Å². The summed E-state index contributed by atoms with van der Waals surface area (Å²) in [5, 5.41) is 3.20. The predicted molar refractivity (Wildman–Crippen MR) is 91.1 cm³/mol. The van der Waals surface area contributed by atoms with Gasteiger partial charge < -0.3 is 5.32 Å². The highest BCUT2D eigenvalue weighted by Gasteiger charge is 2.43. The molecule has 2 aromatic carbocycles. The smallest absolute Gasteiger partial charge is 0.228 e. The molecule has 2 atom stereocenters. The van der Waals surface area contributed by atoms with E-state index in [9.17, 15) is 4.79 Å². The molecule has 1 amide bonds. The number of nitrogens with one attached hydrogen (secondary N) is 1. The van der Waals surface area contributed by atoms with E-state index in [2.05, 4.69) is 49.5 Å². The molecule has 0 radical (unpaired) electrons. The van der Waals surface area contributed by atoms with Gasteiger partial charge in [0.15, 0.2) is 0 Å². The zero-order valence-electron chi connectivity index (χ0n) is 13.3. The Labute approximate surface area is 132 Å². The lowest BCUT2D eigenvalue weighted by atomic mass is 10.0. The number of carbonyl (C=O) groups excluding carboxylic acids is 1. The Hall–Kier alpha value is -2.09. The number of amides is 1. The van der Waals surface area contributed by atoms with Crippen molar-refractivity contribution in [3.8, 4) is 0 Å². The Morgan fingerprint density at radius 1 is 1.00 bits per heavy atom. The molecule has 114 valence electrons. The van der Waals surface area contributed by atoms with E-state index in [0.29, 0.717) is 5.92 Å². The fourth-order valence-electron chi connectivity index (χ4n) is 3.17. The highest BCUT2D eigenvalue weighted by molar-refractivity contribution is 5.96. The quantitative estimate of drug-likeness (QED) is 0.860. The molecule has 1 fully saturated rings. The lowest BCUT2D eigenvalue weighted by Crippen LogP contribution is -2.17. The number of rotatable bonds is 5. The second kappa shape index (κ2) is 6.35. The van der Waals surface area contributed by atoms with E-state index >= 15 is 0 Å². The number of aryl methyl sites for hydroxylation is 2. The Bertz CT molecular complexity index is 640. The molecule has 3 rings (SSSR count). The summed E-state index contributed by atoms with van der Waals surface area (Å²) in [6.45, 7) is 4.27. The van der Waals surface area contributed by atoms with Gasteiger partial charge in [-0.15, -0.1) is 0 Å². The van der Waals surface area contributed by atoms with E-state index in [1.807, 2.05) is 18.2 Å². The van der Waals surface area contributed by atoms with Gasteiger partial charge in [-0.25, -0.2) is 0 Å². The molecule has 22 heavy (non-hydrogen) atoms. The number of anilines is 1. The molecular weight excluding hydrogens is 270 g/mol. The second-order valence-electron chi connectivity index (χ2n) is 6.01. The summed E-state index contributed by atoms with van der Waals surface area (Å²) in [5.74, 6) is 0.682. The molecule has 0 spiro atoms. The summed E-state index contributed by atoms with van der Waals surface area (Å²) in [6, 6.07) is 16.6. The molecule has 2 heteroatoms. The van der Waals surface area contributed by atoms with E-state index in [-0.39, 0.29) is 11.8 Å². The van der Waals surface area contributed by atoms with Crippen molar-refractivity contribution in [2.75, 3.05) is 5.32 Å². The summed E-state index contributed by atoms with van der Waals surface area (Å²) < 4.78 is 0. The zero-order valence-corrected chi connectivity index (χ0v) is 13.3. The van der Waals surface area contributed by atoms with Gasteiger partial charge >= 0.3 is 0 Å². The number of benzene rings is 2. The predicted octanol–water partition coefficient (Wildman–Crippen LogP) is 4.55. The Morgan fingerprint density at radius 2 is 1.64 bits per heavy atom.